The van der Waals surface area contributed by atoms with Crippen LogP contribution in [0.15, 0.2) is 10.9 Å². The van der Waals surface area contributed by atoms with Crippen LogP contribution in [-0.4, -0.2) is 32.0 Å². The van der Waals surface area contributed by atoms with E-state index in [-0.39, 0.29) is 5.69 Å². The van der Waals surface area contributed by atoms with Crippen molar-refractivity contribution >= 4 is 23.1 Å². The maximum Gasteiger partial charge on any atom is 0.349 e. The second-order valence-electron chi connectivity index (χ2n) is 5.75. The topological polar surface area (TPSA) is 75.1 Å². The summed E-state index contributed by atoms with van der Waals surface area (Å²) in [6.45, 7) is 2.67. The lowest BCUT2D eigenvalue weighted by Crippen LogP contribution is -2.27. The SMILES string of the molecule is Cc1nc(NCC2CCCCC2CCl)cc2n[nH]c(=O)n12. The molecular weight excluding hydrogens is 290 g/mol. The molecule has 114 valence electrons. The van der Waals surface area contributed by atoms with Crippen molar-refractivity contribution in [3.05, 3.63) is 22.4 Å². The number of hydrogen-bond acceptors (Lipinski definition) is 4. The van der Waals surface area contributed by atoms with Crippen LogP contribution in [0.3, 0.4) is 0 Å². The van der Waals surface area contributed by atoms with Crippen LogP contribution in [-0.2, 0) is 0 Å². The van der Waals surface area contributed by atoms with E-state index in [1.54, 1.807) is 13.0 Å². The number of aryl methyl sites for hydroxylation is 1. The summed E-state index contributed by atoms with van der Waals surface area (Å²) in [6.07, 6.45) is 5.00. The molecule has 0 radical (unpaired) electrons. The van der Waals surface area contributed by atoms with Crippen LogP contribution < -0.4 is 11.0 Å². The number of rotatable bonds is 4. The Kier molecular flexibility index (Phi) is 4.14. The van der Waals surface area contributed by atoms with Crippen LogP contribution in [0.25, 0.3) is 5.65 Å². The fraction of sp³-hybridized carbons (Fsp3) is 0.643. The molecule has 0 spiro atoms. The fourth-order valence-electron chi connectivity index (χ4n) is 3.18. The Labute approximate surface area is 127 Å². The molecule has 0 saturated heterocycles. The molecule has 6 nitrogen and oxygen atoms in total. The van der Waals surface area contributed by atoms with Crippen molar-refractivity contribution < 1.29 is 0 Å². The van der Waals surface area contributed by atoms with Crippen LogP contribution >= 0.6 is 11.6 Å². The van der Waals surface area contributed by atoms with Crippen molar-refractivity contribution in [2.24, 2.45) is 11.8 Å². The first-order valence-corrected chi connectivity index (χ1v) is 7.97. The lowest BCUT2D eigenvalue weighted by molar-refractivity contribution is 0.272. The number of alkyl halides is 1. The zero-order valence-corrected chi connectivity index (χ0v) is 12.9. The maximum absolute atomic E-state index is 11.6. The van der Waals surface area contributed by atoms with E-state index in [0.29, 0.717) is 23.3 Å². The van der Waals surface area contributed by atoms with Gasteiger partial charge in [0.2, 0.25) is 0 Å². The highest BCUT2D eigenvalue weighted by Crippen LogP contribution is 2.31. The number of aromatic amines is 1. The third kappa shape index (κ3) is 2.90. The molecule has 2 N–H and O–H groups in total. The minimum atomic E-state index is -0.254. The van der Waals surface area contributed by atoms with Crippen molar-refractivity contribution in [3.8, 4) is 0 Å². The third-order valence-corrected chi connectivity index (χ3v) is 4.78. The first-order chi connectivity index (χ1) is 10.2. The molecule has 7 heteroatoms. The largest absolute Gasteiger partial charge is 0.370 e. The molecule has 0 bridgehead atoms. The van der Waals surface area contributed by atoms with Crippen molar-refractivity contribution in [1.82, 2.24) is 19.6 Å². The first-order valence-electron chi connectivity index (χ1n) is 7.43. The van der Waals surface area contributed by atoms with Crippen molar-refractivity contribution in [1.29, 1.82) is 0 Å². The fourth-order valence-corrected chi connectivity index (χ4v) is 3.59. The Hall–Kier alpha value is -1.56. The normalized spacial score (nSPS) is 22.6. The van der Waals surface area contributed by atoms with Crippen LogP contribution in [0.2, 0.25) is 0 Å². The van der Waals surface area contributed by atoms with E-state index in [1.165, 1.54) is 30.1 Å². The number of anilines is 1. The number of nitrogens with one attached hydrogen (secondary N) is 2. The molecule has 2 aromatic rings. The summed E-state index contributed by atoms with van der Waals surface area (Å²) < 4.78 is 1.47. The first kappa shape index (κ1) is 14.4. The van der Waals surface area contributed by atoms with E-state index in [1.807, 2.05) is 0 Å². The van der Waals surface area contributed by atoms with Crippen molar-refractivity contribution in [3.63, 3.8) is 0 Å². The Balaban J connectivity index is 1.74. The van der Waals surface area contributed by atoms with E-state index in [0.717, 1.165) is 18.2 Å². The minimum Gasteiger partial charge on any atom is -0.370 e. The highest BCUT2D eigenvalue weighted by molar-refractivity contribution is 6.18. The highest BCUT2D eigenvalue weighted by Gasteiger charge is 2.24. The summed E-state index contributed by atoms with van der Waals surface area (Å²) in [5.74, 6) is 3.30. The van der Waals surface area contributed by atoms with Gasteiger partial charge in [-0.1, -0.05) is 12.8 Å². The number of fused-ring (bicyclic) bond motifs is 1. The van der Waals surface area contributed by atoms with Gasteiger partial charge < -0.3 is 5.32 Å². The summed E-state index contributed by atoms with van der Waals surface area (Å²) >= 11 is 6.07. The lowest BCUT2D eigenvalue weighted by atomic mass is 9.80. The van der Waals surface area contributed by atoms with Crippen molar-refractivity contribution in [2.45, 2.75) is 32.6 Å². The van der Waals surface area contributed by atoms with Crippen LogP contribution in [0, 0.1) is 18.8 Å². The molecule has 0 aromatic carbocycles. The van der Waals surface area contributed by atoms with Gasteiger partial charge in [-0.2, -0.15) is 5.10 Å². The van der Waals surface area contributed by atoms with E-state index >= 15 is 0 Å². The molecule has 1 aliphatic rings. The Morgan fingerprint density at radius 1 is 1.43 bits per heavy atom. The zero-order valence-electron chi connectivity index (χ0n) is 12.1. The van der Waals surface area contributed by atoms with Crippen molar-refractivity contribution in [2.75, 3.05) is 17.7 Å². The Morgan fingerprint density at radius 2 is 2.19 bits per heavy atom. The van der Waals surface area contributed by atoms with Gasteiger partial charge in [-0.3, -0.25) is 0 Å². The van der Waals surface area contributed by atoms with Gasteiger partial charge in [-0.05, 0) is 31.6 Å². The van der Waals surface area contributed by atoms with Crippen LogP contribution in [0.1, 0.15) is 31.5 Å². The summed E-state index contributed by atoms with van der Waals surface area (Å²) in [7, 11) is 0. The summed E-state index contributed by atoms with van der Waals surface area (Å²) in [4.78, 5) is 16.0. The third-order valence-electron chi connectivity index (χ3n) is 4.38. The molecule has 2 aromatic heterocycles. The molecule has 3 rings (SSSR count). The number of aromatic nitrogens is 4. The second-order valence-corrected chi connectivity index (χ2v) is 6.06. The number of halogens is 1. The zero-order chi connectivity index (χ0) is 14.8. The summed E-state index contributed by atoms with van der Waals surface area (Å²) in [5, 5.41) is 9.81. The van der Waals surface area contributed by atoms with Crippen LogP contribution in [0.4, 0.5) is 5.82 Å². The van der Waals surface area contributed by atoms with Gasteiger partial charge in [0, 0.05) is 18.5 Å². The molecule has 0 aliphatic heterocycles. The maximum atomic E-state index is 11.6. The van der Waals surface area contributed by atoms with Gasteiger partial charge >= 0.3 is 5.69 Å². The molecule has 2 atom stereocenters. The summed E-state index contributed by atoms with van der Waals surface area (Å²) in [6, 6.07) is 1.80. The number of H-pyrrole nitrogens is 1. The smallest absolute Gasteiger partial charge is 0.349 e. The predicted molar refractivity (Wildman–Crippen MR) is 83.0 cm³/mol. The molecule has 1 fully saturated rings. The minimum absolute atomic E-state index is 0.254. The number of hydrogen-bond donors (Lipinski definition) is 2. The molecule has 21 heavy (non-hydrogen) atoms. The Bertz CT molecular complexity index is 680. The summed E-state index contributed by atoms with van der Waals surface area (Å²) in [5.41, 5.74) is 0.337. The quantitative estimate of drug-likeness (QED) is 0.849. The molecule has 1 saturated carbocycles. The van der Waals surface area contributed by atoms with E-state index in [4.69, 9.17) is 11.6 Å². The van der Waals surface area contributed by atoms with Gasteiger partial charge in [0.1, 0.15) is 11.6 Å². The molecular formula is C14H20ClN5O. The van der Waals surface area contributed by atoms with Gasteiger partial charge in [0.25, 0.3) is 0 Å². The molecule has 1 aliphatic carbocycles. The van der Waals surface area contributed by atoms with E-state index < -0.39 is 0 Å². The number of nitrogens with zero attached hydrogens (tertiary/aromatic N) is 3. The monoisotopic (exact) mass is 309 g/mol. The standard InChI is InChI=1S/C14H20ClN5O/c1-9-17-12(6-13-18-19-14(21)20(9)13)16-8-11-5-3-2-4-10(11)7-15/h6,10-11,16H,2-5,7-8H2,1H3,(H,19,21). The van der Waals surface area contributed by atoms with Gasteiger partial charge in [-0.15, -0.1) is 11.6 Å². The van der Waals surface area contributed by atoms with Crippen LogP contribution in [0.5, 0.6) is 0 Å². The van der Waals surface area contributed by atoms with Gasteiger partial charge in [0.05, 0.1) is 0 Å². The second kappa shape index (κ2) is 6.05. The van der Waals surface area contributed by atoms with Gasteiger partial charge in [0.15, 0.2) is 5.65 Å². The molecule has 0 amide bonds. The van der Waals surface area contributed by atoms with Gasteiger partial charge in [-0.25, -0.2) is 19.3 Å². The van der Waals surface area contributed by atoms with E-state index in [9.17, 15) is 4.79 Å². The lowest BCUT2D eigenvalue weighted by Gasteiger charge is -2.30. The predicted octanol–water partition coefficient (Wildman–Crippen LogP) is 2.18. The highest BCUT2D eigenvalue weighted by atomic mass is 35.5. The molecule has 2 heterocycles. The molecule has 2 unspecified atom stereocenters. The Morgan fingerprint density at radius 3 is 2.95 bits per heavy atom. The average molecular weight is 310 g/mol. The van der Waals surface area contributed by atoms with E-state index in [2.05, 4.69) is 20.5 Å². The average Bonchev–Trinajstić information content (AvgIpc) is 2.87.